The van der Waals surface area contributed by atoms with Crippen molar-refractivity contribution in [2.45, 2.75) is 46.1 Å². The summed E-state index contributed by atoms with van der Waals surface area (Å²) in [4.78, 5) is 2.49. The topological polar surface area (TPSA) is 29.3 Å². The average molecular weight is 198 g/mol. The van der Waals surface area contributed by atoms with E-state index in [-0.39, 0.29) is 0 Å². The molecule has 0 radical (unpaired) electrons. The highest BCUT2D eigenvalue weighted by atomic mass is 15.1. The van der Waals surface area contributed by atoms with Gasteiger partial charge in [-0.3, -0.25) is 0 Å². The van der Waals surface area contributed by atoms with Gasteiger partial charge in [0.2, 0.25) is 0 Å². The van der Waals surface area contributed by atoms with Gasteiger partial charge in [0.25, 0.3) is 0 Å². The fourth-order valence-electron chi connectivity index (χ4n) is 2.15. The van der Waals surface area contributed by atoms with Crippen LogP contribution in [0.15, 0.2) is 0 Å². The molecule has 0 aliphatic heterocycles. The maximum atomic E-state index is 5.79. The van der Waals surface area contributed by atoms with E-state index in [1.54, 1.807) is 0 Å². The van der Waals surface area contributed by atoms with Gasteiger partial charge in [-0.2, -0.15) is 0 Å². The smallest absolute Gasteiger partial charge is 0.00665 e. The Balaban J connectivity index is 2.30. The maximum absolute atomic E-state index is 5.79. The van der Waals surface area contributed by atoms with E-state index in [1.807, 2.05) is 0 Å². The minimum atomic E-state index is 0.486. The van der Waals surface area contributed by atoms with Gasteiger partial charge in [-0.05, 0) is 51.1 Å². The zero-order valence-corrected chi connectivity index (χ0v) is 10.2. The van der Waals surface area contributed by atoms with E-state index < -0.39 is 0 Å². The Morgan fingerprint density at radius 2 is 1.86 bits per heavy atom. The molecule has 84 valence electrons. The van der Waals surface area contributed by atoms with E-state index in [9.17, 15) is 0 Å². The molecule has 0 heterocycles. The van der Waals surface area contributed by atoms with Gasteiger partial charge in [0.1, 0.15) is 0 Å². The summed E-state index contributed by atoms with van der Waals surface area (Å²) in [5.41, 5.74) is 6.28. The van der Waals surface area contributed by atoms with Crippen molar-refractivity contribution in [1.29, 1.82) is 0 Å². The van der Waals surface area contributed by atoms with Crippen LogP contribution in [0.3, 0.4) is 0 Å². The van der Waals surface area contributed by atoms with Gasteiger partial charge in [0.15, 0.2) is 0 Å². The molecule has 1 unspecified atom stereocenters. The van der Waals surface area contributed by atoms with Gasteiger partial charge in [-0.25, -0.2) is 0 Å². The van der Waals surface area contributed by atoms with Crippen molar-refractivity contribution in [3.8, 4) is 0 Å². The molecule has 2 heteroatoms. The summed E-state index contributed by atoms with van der Waals surface area (Å²) < 4.78 is 0. The van der Waals surface area contributed by atoms with E-state index in [0.29, 0.717) is 11.5 Å². The first kappa shape index (κ1) is 12.0. The average Bonchev–Trinajstić information content (AvgIpc) is 2.84. The molecule has 0 amide bonds. The van der Waals surface area contributed by atoms with Gasteiger partial charge in [-0.15, -0.1) is 0 Å². The third-order valence-corrected chi connectivity index (χ3v) is 3.54. The molecule has 2 nitrogen and oxygen atoms in total. The second kappa shape index (κ2) is 4.63. The van der Waals surface area contributed by atoms with Crippen LogP contribution in [0.4, 0.5) is 0 Å². The number of hydrogen-bond donors (Lipinski definition) is 1. The Kier molecular flexibility index (Phi) is 3.96. The monoisotopic (exact) mass is 198 g/mol. The highest BCUT2D eigenvalue weighted by Crippen LogP contribution is 2.45. The van der Waals surface area contributed by atoms with Crippen LogP contribution in [0.2, 0.25) is 0 Å². The SMILES string of the molecule is CC(C)CC(C)N(C)CC1(CN)CC1. The highest BCUT2D eigenvalue weighted by molar-refractivity contribution is 4.96. The summed E-state index contributed by atoms with van der Waals surface area (Å²) in [5, 5.41) is 0. The van der Waals surface area contributed by atoms with Crippen LogP contribution in [-0.4, -0.2) is 31.1 Å². The lowest BCUT2D eigenvalue weighted by molar-refractivity contribution is 0.189. The molecule has 0 saturated heterocycles. The lowest BCUT2D eigenvalue weighted by Gasteiger charge is -2.29. The minimum absolute atomic E-state index is 0.486. The number of rotatable bonds is 6. The van der Waals surface area contributed by atoms with Gasteiger partial charge in [-0.1, -0.05) is 13.8 Å². The molecular weight excluding hydrogens is 172 g/mol. The molecule has 0 bridgehead atoms. The Morgan fingerprint density at radius 1 is 1.29 bits per heavy atom. The standard InChI is InChI=1S/C12H26N2/c1-10(2)7-11(3)14(4)9-12(8-13)5-6-12/h10-11H,5-9,13H2,1-4H3. The zero-order chi connectivity index (χ0) is 10.8. The molecule has 0 aromatic carbocycles. The summed E-state index contributed by atoms with van der Waals surface area (Å²) in [7, 11) is 2.24. The second-order valence-electron chi connectivity index (χ2n) is 5.60. The number of nitrogens with zero attached hydrogens (tertiary/aromatic N) is 1. The summed E-state index contributed by atoms with van der Waals surface area (Å²) in [5.74, 6) is 0.792. The van der Waals surface area contributed by atoms with Crippen LogP contribution in [-0.2, 0) is 0 Å². The van der Waals surface area contributed by atoms with Crippen LogP contribution in [0.25, 0.3) is 0 Å². The highest BCUT2D eigenvalue weighted by Gasteiger charge is 2.42. The molecule has 0 aromatic heterocycles. The third kappa shape index (κ3) is 3.25. The van der Waals surface area contributed by atoms with Crippen LogP contribution in [0.5, 0.6) is 0 Å². The predicted molar refractivity (Wildman–Crippen MR) is 62.3 cm³/mol. The lowest BCUT2D eigenvalue weighted by Crippen LogP contribution is -2.37. The van der Waals surface area contributed by atoms with E-state index in [1.165, 1.54) is 25.8 Å². The van der Waals surface area contributed by atoms with Gasteiger partial charge >= 0.3 is 0 Å². The van der Waals surface area contributed by atoms with Crippen molar-refractivity contribution in [3.63, 3.8) is 0 Å². The molecule has 1 fully saturated rings. The van der Waals surface area contributed by atoms with Crippen molar-refractivity contribution >= 4 is 0 Å². The molecule has 1 aliphatic carbocycles. The number of nitrogens with two attached hydrogens (primary N) is 1. The summed E-state index contributed by atoms with van der Waals surface area (Å²) in [6, 6.07) is 0.694. The van der Waals surface area contributed by atoms with E-state index in [2.05, 4.69) is 32.7 Å². The molecule has 0 spiro atoms. The molecule has 1 saturated carbocycles. The number of hydrogen-bond acceptors (Lipinski definition) is 2. The summed E-state index contributed by atoms with van der Waals surface area (Å²) >= 11 is 0. The van der Waals surface area contributed by atoms with Gasteiger partial charge < -0.3 is 10.6 Å². The van der Waals surface area contributed by atoms with Crippen molar-refractivity contribution in [2.75, 3.05) is 20.1 Å². The van der Waals surface area contributed by atoms with Crippen LogP contribution in [0, 0.1) is 11.3 Å². The largest absolute Gasteiger partial charge is 0.330 e. The minimum Gasteiger partial charge on any atom is -0.330 e. The van der Waals surface area contributed by atoms with Crippen LogP contribution >= 0.6 is 0 Å². The summed E-state index contributed by atoms with van der Waals surface area (Å²) in [6.07, 6.45) is 3.96. The fraction of sp³-hybridized carbons (Fsp3) is 1.00. The Hall–Kier alpha value is -0.0800. The molecule has 0 aromatic rings. The first-order chi connectivity index (χ1) is 6.49. The fourth-order valence-corrected chi connectivity index (χ4v) is 2.15. The van der Waals surface area contributed by atoms with E-state index >= 15 is 0 Å². The first-order valence-electron chi connectivity index (χ1n) is 5.89. The zero-order valence-electron chi connectivity index (χ0n) is 10.2. The quantitative estimate of drug-likeness (QED) is 0.708. The summed E-state index contributed by atoms with van der Waals surface area (Å²) in [6.45, 7) is 8.97. The molecule has 1 atom stereocenters. The van der Waals surface area contributed by atoms with Crippen molar-refractivity contribution in [1.82, 2.24) is 4.90 Å². The predicted octanol–water partition coefficient (Wildman–Crippen LogP) is 2.09. The van der Waals surface area contributed by atoms with Crippen molar-refractivity contribution in [3.05, 3.63) is 0 Å². The lowest BCUT2D eigenvalue weighted by atomic mass is 10.0. The van der Waals surface area contributed by atoms with Crippen molar-refractivity contribution < 1.29 is 0 Å². The molecule has 1 aliphatic rings. The molecular formula is C12H26N2. The van der Waals surface area contributed by atoms with Crippen LogP contribution in [0.1, 0.15) is 40.0 Å². The van der Waals surface area contributed by atoms with Crippen LogP contribution < -0.4 is 5.73 Å². The van der Waals surface area contributed by atoms with Crippen molar-refractivity contribution in [2.24, 2.45) is 17.1 Å². The molecule has 2 N–H and O–H groups in total. The molecule has 14 heavy (non-hydrogen) atoms. The third-order valence-electron chi connectivity index (χ3n) is 3.54. The Morgan fingerprint density at radius 3 is 2.21 bits per heavy atom. The second-order valence-corrected chi connectivity index (χ2v) is 5.60. The van der Waals surface area contributed by atoms with Gasteiger partial charge in [0.05, 0.1) is 0 Å². The normalized spacial score (nSPS) is 21.6. The Bertz CT molecular complexity index is 173. The molecule has 1 rings (SSSR count). The maximum Gasteiger partial charge on any atom is 0.00665 e. The van der Waals surface area contributed by atoms with E-state index in [0.717, 1.165) is 12.5 Å². The first-order valence-corrected chi connectivity index (χ1v) is 5.89. The van der Waals surface area contributed by atoms with E-state index in [4.69, 9.17) is 5.73 Å². The van der Waals surface area contributed by atoms with Gasteiger partial charge in [0, 0.05) is 12.6 Å². The Labute approximate surface area is 88.8 Å².